The van der Waals surface area contributed by atoms with Crippen LogP contribution in [-0.2, 0) is 57.6 Å². The second-order valence-corrected chi connectivity index (χ2v) is 8.80. The van der Waals surface area contributed by atoms with Crippen LogP contribution in [0.25, 0.3) is 22.9 Å². The minimum atomic E-state index is -1.50. The third-order valence-electron chi connectivity index (χ3n) is 3.53. The van der Waals surface area contributed by atoms with Gasteiger partial charge in [-0.25, -0.2) is 0 Å². The Hall–Kier alpha value is 1.23. The third kappa shape index (κ3) is 43.2. The summed E-state index contributed by atoms with van der Waals surface area (Å²) in [7, 11) is 14.4. The number of nitrogens with zero attached hydrogens (tertiary/aromatic N) is 2. The molecule has 0 amide bonds. The van der Waals surface area contributed by atoms with Crippen LogP contribution in [0.3, 0.4) is 0 Å². The fourth-order valence-electron chi connectivity index (χ4n) is 2.26. The average molecular weight is 955 g/mol. The van der Waals surface area contributed by atoms with Crippen molar-refractivity contribution in [2.24, 2.45) is 0 Å². The normalized spacial score (nSPS) is 23.8. The van der Waals surface area contributed by atoms with Gasteiger partial charge in [-0.2, -0.15) is 24.2 Å². The van der Waals surface area contributed by atoms with Gasteiger partial charge in [0.05, 0.1) is 0 Å². The Bertz CT molecular complexity index is 331. The van der Waals surface area contributed by atoms with Crippen LogP contribution in [-0.4, -0.2) is 44.8 Å². The summed E-state index contributed by atoms with van der Waals surface area (Å²) in [4.78, 5) is 16.7. The minimum absolute atomic E-state index is 0. The Morgan fingerprint density at radius 3 is 0.900 bits per heavy atom. The summed E-state index contributed by atoms with van der Waals surface area (Å²) in [6.45, 7) is 0. The Labute approximate surface area is 223 Å². The van der Waals surface area contributed by atoms with Gasteiger partial charge >= 0.3 is 63.5 Å². The molecule has 0 aliphatic heterocycles. The Morgan fingerprint density at radius 1 is 0.733 bits per heavy atom. The van der Waals surface area contributed by atoms with Crippen LogP contribution in [0.1, 0.15) is 51.4 Å². The summed E-state index contributed by atoms with van der Waals surface area (Å²) in [6.07, 6.45) is 8.49. The van der Waals surface area contributed by atoms with E-state index in [1.54, 1.807) is 18.8 Å². The van der Waals surface area contributed by atoms with E-state index in [2.05, 4.69) is 9.42 Å². The molecule has 0 aromatic carbocycles. The number of rotatable bonds is 0. The summed E-state index contributed by atoms with van der Waals surface area (Å²) < 4.78 is 0. The van der Waals surface area contributed by atoms with Crippen LogP contribution in [0.2, 0.25) is 0 Å². The van der Waals surface area contributed by atoms with Crippen molar-refractivity contribution in [2.45, 2.75) is 75.5 Å². The Morgan fingerprint density at radius 2 is 0.833 bits per heavy atom. The largest absolute Gasteiger partial charge is 0.676 e. The second-order valence-electron chi connectivity index (χ2n) is 5.52. The summed E-state index contributed by atoms with van der Waals surface area (Å²) in [5.74, 6) is 0. The van der Waals surface area contributed by atoms with Gasteiger partial charge in [0.15, 0.2) is 0 Å². The van der Waals surface area contributed by atoms with Crippen LogP contribution in [0.5, 0.6) is 0 Å². The van der Waals surface area contributed by atoms with Crippen LogP contribution >= 0.6 is 28.3 Å². The van der Waals surface area contributed by atoms with E-state index in [0.717, 1.165) is 25.7 Å². The van der Waals surface area contributed by atoms with Gasteiger partial charge < -0.3 is 33.3 Å². The first kappa shape index (κ1) is 41.5. The molecule has 12 nitrogen and oxygen atoms in total. The predicted octanol–water partition coefficient (Wildman–Crippen LogP) is 6.17. The van der Waals surface area contributed by atoms with Crippen molar-refractivity contribution >= 4 is 28.3 Å². The molecule has 0 aromatic heterocycles. The van der Waals surface area contributed by atoms with Crippen molar-refractivity contribution in [3.63, 3.8) is 0 Å². The molecular weight excluding hydrogens is 929 g/mol. The molecule has 0 spiro atoms. The van der Waals surface area contributed by atoms with Crippen LogP contribution in [0.15, 0.2) is 0 Å². The zero-order valence-corrected chi connectivity index (χ0v) is 23.8. The average Bonchev–Trinajstić information content (AvgIpc) is 2.62. The second kappa shape index (κ2) is 32.4. The first-order valence-electron chi connectivity index (χ1n) is 7.94. The maximum Gasteiger partial charge on any atom is -0.0548 e. The number of halogens is 3. The van der Waals surface area contributed by atoms with Crippen LogP contribution < -0.4 is 0 Å². The van der Waals surface area contributed by atoms with Gasteiger partial charge in [0.25, 0.3) is 10.2 Å². The van der Waals surface area contributed by atoms with E-state index in [9.17, 15) is 0 Å². The Balaban J connectivity index is -0.0000000890. The van der Waals surface area contributed by atoms with Gasteiger partial charge in [-0.15, -0.1) is 20.2 Å². The molecule has 1 radical (unpaired) electrons. The summed E-state index contributed by atoms with van der Waals surface area (Å²) >= 11 is 1.14. The van der Waals surface area contributed by atoms with Gasteiger partial charge in [0, 0.05) is 22.4 Å². The molecule has 0 aromatic rings. The van der Waals surface area contributed by atoms with E-state index in [1.807, 2.05) is 0 Å². The monoisotopic (exact) mass is 952 g/mol. The van der Waals surface area contributed by atoms with Crippen molar-refractivity contribution in [1.29, 1.82) is 0 Å². The molecule has 4 unspecified atom stereocenters. The fraction of sp³-hybridized carbons (Fsp3) is 1.00. The summed E-state index contributed by atoms with van der Waals surface area (Å²) in [6, 6.07) is -0.319. The Kier molecular flexibility index (Phi) is 44.8. The van der Waals surface area contributed by atoms with Crippen LogP contribution in [0.4, 0.5) is 0 Å². The fourth-order valence-corrected chi connectivity index (χ4v) is 2.26. The summed E-state index contributed by atoms with van der Waals surface area (Å²) in [5, 5.41) is 27.3. The maximum absolute atomic E-state index is 8.36. The van der Waals surface area contributed by atoms with Crippen molar-refractivity contribution < 1.29 is 78.2 Å². The quantitative estimate of drug-likeness (QED) is 0.164. The molecule has 0 heterocycles. The molecule has 2 rings (SSSR count). The molecular formula is C12H26AgCl3N6O6Pt2-2. The standard InChI is InChI=1S/2C6H12N2.Ag.3ClH.2HNO3.2Pt/c2*7-5-3-1-2-4-6(5)8;;;;;2*2-1(3)4;;/h2*5-8H,1-4H2;;3*1H;2*(H,2,3,4);;/q2*-2;;;;;;;+1;+4/p-3. The molecule has 0 bridgehead atoms. The predicted molar refractivity (Wildman–Crippen MR) is 104 cm³/mol. The maximum atomic E-state index is 8.36. The molecule has 194 valence electrons. The van der Waals surface area contributed by atoms with E-state index >= 15 is 0 Å². The first-order chi connectivity index (χ1) is 13.5. The van der Waals surface area contributed by atoms with E-state index in [4.69, 9.17) is 72.4 Å². The van der Waals surface area contributed by atoms with Gasteiger partial charge in [-0.3, -0.25) is 0 Å². The smallest absolute Gasteiger partial charge is 0.0548 e. The van der Waals surface area contributed by atoms with Gasteiger partial charge in [-0.1, -0.05) is 51.4 Å². The number of hydrogen-bond donors (Lipinski definition) is 2. The molecule has 0 saturated heterocycles. The van der Waals surface area contributed by atoms with Gasteiger partial charge in [0.2, 0.25) is 0 Å². The van der Waals surface area contributed by atoms with Crippen LogP contribution in [0, 0.1) is 20.2 Å². The molecule has 4 atom stereocenters. The van der Waals surface area contributed by atoms with Gasteiger partial charge in [0.1, 0.15) is 0 Å². The van der Waals surface area contributed by atoms with Crippen molar-refractivity contribution in [3.8, 4) is 0 Å². The molecule has 2 aliphatic rings. The minimum Gasteiger partial charge on any atom is -0.676 e. The van der Waals surface area contributed by atoms with Crippen molar-refractivity contribution in [2.75, 3.05) is 0 Å². The third-order valence-corrected chi connectivity index (χ3v) is 3.53. The van der Waals surface area contributed by atoms with E-state index in [1.165, 1.54) is 25.7 Å². The van der Waals surface area contributed by atoms with E-state index in [-0.39, 0.29) is 46.5 Å². The molecule has 30 heavy (non-hydrogen) atoms. The molecule has 2 aliphatic carbocycles. The number of hydrogen-bond acceptors (Lipinski definition) is 4. The van der Waals surface area contributed by atoms with E-state index < -0.39 is 26.7 Å². The molecule has 2 saturated carbocycles. The van der Waals surface area contributed by atoms with Crippen molar-refractivity contribution in [1.82, 2.24) is 0 Å². The summed E-state index contributed by atoms with van der Waals surface area (Å²) in [5.41, 5.74) is 29.2. The SMILES string of the molecule is O=[N+]([O-])O.O=[N+]([O-])O.[Ag].[Cl][Pt+2][Cl].[Cl][Pt].[NH-]C1CCCCC1[NH-].[NH-]C1CCCCC1[NH-]. The topological polar surface area (TPSA) is 222 Å². The van der Waals surface area contributed by atoms with Gasteiger partial charge in [-0.05, 0) is 0 Å². The zero-order valence-electron chi connectivity index (χ0n) is 15.5. The number of nitrogens with one attached hydrogen (secondary N) is 4. The molecule has 18 heteroatoms. The zero-order chi connectivity index (χ0) is 23.8. The van der Waals surface area contributed by atoms with Crippen molar-refractivity contribution in [3.05, 3.63) is 43.2 Å². The first-order valence-corrected chi connectivity index (χ1v) is 16.4. The van der Waals surface area contributed by atoms with E-state index in [0.29, 0.717) is 0 Å². The molecule has 2 fully saturated rings. The molecule has 6 N–H and O–H groups in total.